The number of hydrogen-bond acceptors (Lipinski definition) is 4. The molecule has 1 amide bonds. The predicted molar refractivity (Wildman–Crippen MR) is 92.7 cm³/mol. The van der Waals surface area contributed by atoms with Crippen molar-refractivity contribution in [1.82, 2.24) is 9.62 Å². The fourth-order valence-electron chi connectivity index (χ4n) is 2.68. The Hall–Kier alpha value is -1.57. The summed E-state index contributed by atoms with van der Waals surface area (Å²) in [5, 5.41) is 3.03. The van der Waals surface area contributed by atoms with Crippen molar-refractivity contribution in [3.63, 3.8) is 0 Å². The molecule has 1 atom stereocenters. The predicted octanol–water partition coefficient (Wildman–Crippen LogP) is 2.05. The lowest BCUT2D eigenvalue weighted by atomic mass is 9.99. The molecule has 6 nitrogen and oxygen atoms in total. The number of carbonyl (C=O) groups is 1. The normalized spacial score (nSPS) is 18.8. The molecule has 1 aromatic rings. The van der Waals surface area contributed by atoms with Gasteiger partial charge in [0.25, 0.3) is 0 Å². The van der Waals surface area contributed by atoms with Gasteiger partial charge in [-0.3, -0.25) is 4.79 Å². The Morgan fingerprint density at radius 2 is 2.29 bits per heavy atom. The van der Waals surface area contributed by atoms with Crippen LogP contribution in [0.25, 0.3) is 0 Å². The quantitative estimate of drug-likeness (QED) is 0.775. The van der Waals surface area contributed by atoms with Crippen LogP contribution in [0.4, 0.5) is 0 Å². The topological polar surface area (TPSA) is 75.7 Å². The van der Waals surface area contributed by atoms with Gasteiger partial charge in [0.15, 0.2) is 0 Å². The Bertz CT molecular complexity index is 721. The minimum absolute atomic E-state index is 0.0182. The molecular weight excluding hydrogens is 352 g/mol. The lowest BCUT2D eigenvalue weighted by molar-refractivity contribution is -0.125. The summed E-state index contributed by atoms with van der Waals surface area (Å²) in [7, 11) is -2.38. The highest BCUT2D eigenvalue weighted by Crippen LogP contribution is 2.31. The van der Waals surface area contributed by atoms with Gasteiger partial charge in [-0.1, -0.05) is 17.7 Å². The Morgan fingerprint density at radius 3 is 2.96 bits per heavy atom. The summed E-state index contributed by atoms with van der Waals surface area (Å²) in [5.41, 5.74) is 0. The Kier molecular flexibility index (Phi) is 6.26. The highest BCUT2D eigenvalue weighted by atomic mass is 35.5. The summed E-state index contributed by atoms with van der Waals surface area (Å²) in [6.45, 7) is 4.42. The monoisotopic (exact) mass is 372 g/mol. The van der Waals surface area contributed by atoms with E-state index in [9.17, 15) is 13.2 Å². The van der Waals surface area contributed by atoms with Gasteiger partial charge in [0.2, 0.25) is 15.9 Å². The third-order valence-electron chi connectivity index (χ3n) is 3.92. The third kappa shape index (κ3) is 4.09. The molecule has 1 aliphatic rings. The maximum absolute atomic E-state index is 12.9. The van der Waals surface area contributed by atoms with E-state index in [4.69, 9.17) is 16.3 Å². The second-order valence-electron chi connectivity index (χ2n) is 5.53. The van der Waals surface area contributed by atoms with E-state index in [1.807, 2.05) is 0 Å². The first-order valence-corrected chi connectivity index (χ1v) is 9.44. The number of sulfonamides is 1. The van der Waals surface area contributed by atoms with Crippen molar-refractivity contribution in [2.75, 3.05) is 26.7 Å². The number of nitrogens with zero attached hydrogens (tertiary/aromatic N) is 1. The molecule has 1 aliphatic heterocycles. The molecule has 0 spiro atoms. The standard InChI is InChI=1S/C16H21ClN2O4S/c1-3-8-18-16(20)12-5-4-9-19(11-12)24(21,22)15-10-13(17)6-7-14(15)23-2/h3,6-7,10,12H,1,4-5,8-9,11H2,2H3,(H,18,20)/t12-/m0/s1. The van der Waals surface area contributed by atoms with Crippen LogP contribution in [0.2, 0.25) is 5.02 Å². The largest absolute Gasteiger partial charge is 0.495 e. The first kappa shape index (κ1) is 18.8. The van der Waals surface area contributed by atoms with Gasteiger partial charge < -0.3 is 10.1 Å². The highest BCUT2D eigenvalue weighted by molar-refractivity contribution is 7.89. The number of halogens is 1. The second-order valence-corrected chi connectivity index (χ2v) is 7.87. The van der Waals surface area contributed by atoms with Gasteiger partial charge in [0, 0.05) is 24.7 Å². The average molecular weight is 373 g/mol. The molecule has 8 heteroatoms. The smallest absolute Gasteiger partial charge is 0.246 e. The van der Waals surface area contributed by atoms with E-state index in [1.165, 1.54) is 23.5 Å². The van der Waals surface area contributed by atoms with Gasteiger partial charge in [-0.05, 0) is 31.0 Å². The number of piperidine rings is 1. The molecule has 0 aliphatic carbocycles. The number of methoxy groups -OCH3 is 1. The van der Waals surface area contributed by atoms with E-state index in [0.717, 1.165) is 0 Å². The molecule has 132 valence electrons. The summed E-state index contributed by atoms with van der Waals surface area (Å²) in [4.78, 5) is 12.1. The molecule has 1 fully saturated rings. The zero-order valence-electron chi connectivity index (χ0n) is 13.5. The summed E-state index contributed by atoms with van der Waals surface area (Å²) in [6, 6.07) is 4.46. The Labute approximate surface area is 147 Å². The number of carbonyl (C=O) groups excluding carboxylic acids is 1. The van der Waals surface area contributed by atoms with Gasteiger partial charge in [0.05, 0.1) is 13.0 Å². The van der Waals surface area contributed by atoms with Gasteiger partial charge in [-0.25, -0.2) is 8.42 Å². The van der Waals surface area contributed by atoms with Crippen LogP contribution in [0.1, 0.15) is 12.8 Å². The van der Waals surface area contributed by atoms with Crippen molar-refractivity contribution in [1.29, 1.82) is 0 Å². The molecule has 0 saturated carbocycles. The van der Waals surface area contributed by atoms with Crippen molar-refractivity contribution >= 4 is 27.5 Å². The summed E-state index contributed by atoms with van der Waals surface area (Å²) in [5.74, 6) is -0.302. The van der Waals surface area contributed by atoms with Crippen LogP contribution in [0.3, 0.4) is 0 Å². The Morgan fingerprint density at radius 1 is 1.54 bits per heavy atom. The van der Waals surface area contributed by atoms with E-state index >= 15 is 0 Å². The molecule has 1 heterocycles. The van der Waals surface area contributed by atoms with E-state index in [2.05, 4.69) is 11.9 Å². The van der Waals surface area contributed by atoms with Crippen LogP contribution in [0.15, 0.2) is 35.7 Å². The van der Waals surface area contributed by atoms with Crippen molar-refractivity contribution in [3.8, 4) is 5.75 Å². The molecule has 1 saturated heterocycles. The average Bonchev–Trinajstić information content (AvgIpc) is 2.59. The highest BCUT2D eigenvalue weighted by Gasteiger charge is 2.34. The molecule has 0 unspecified atom stereocenters. The van der Waals surface area contributed by atoms with Crippen LogP contribution in [0, 0.1) is 5.92 Å². The summed E-state index contributed by atoms with van der Waals surface area (Å²) >= 11 is 5.94. The molecule has 1 aromatic carbocycles. The number of hydrogen-bond donors (Lipinski definition) is 1. The number of benzene rings is 1. The maximum atomic E-state index is 12.9. The zero-order chi connectivity index (χ0) is 17.7. The lowest BCUT2D eigenvalue weighted by Crippen LogP contribution is -2.45. The van der Waals surface area contributed by atoms with Crippen LogP contribution < -0.4 is 10.1 Å². The number of ether oxygens (including phenoxy) is 1. The first-order chi connectivity index (χ1) is 11.4. The van der Waals surface area contributed by atoms with Gasteiger partial charge in [-0.15, -0.1) is 6.58 Å². The number of rotatable bonds is 6. The SMILES string of the molecule is C=CCNC(=O)[C@H]1CCCN(S(=O)(=O)c2cc(Cl)ccc2OC)C1. The molecular formula is C16H21ClN2O4S. The van der Waals surface area contributed by atoms with Crippen molar-refractivity contribution in [2.24, 2.45) is 5.92 Å². The van der Waals surface area contributed by atoms with Crippen molar-refractivity contribution < 1.29 is 17.9 Å². The fraction of sp³-hybridized carbons (Fsp3) is 0.438. The number of nitrogens with one attached hydrogen (secondary N) is 1. The van der Waals surface area contributed by atoms with Gasteiger partial charge in [-0.2, -0.15) is 4.31 Å². The van der Waals surface area contributed by atoms with E-state index in [0.29, 0.717) is 31.0 Å². The van der Waals surface area contributed by atoms with Crippen LogP contribution in [-0.2, 0) is 14.8 Å². The Balaban J connectivity index is 2.24. The second kappa shape index (κ2) is 8.00. The van der Waals surface area contributed by atoms with Crippen molar-refractivity contribution in [3.05, 3.63) is 35.9 Å². The molecule has 2 rings (SSSR count). The summed E-state index contributed by atoms with van der Waals surface area (Å²) in [6.07, 6.45) is 2.86. The minimum atomic E-state index is -3.79. The lowest BCUT2D eigenvalue weighted by Gasteiger charge is -2.31. The molecule has 24 heavy (non-hydrogen) atoms. The van der Waals surface area contributed by atoms with Gasteiger partial charge >= 0.3 is 0 Å². The van der Waals surface area contributed by atoms with E-state index < -0.39 is 10.0 Å². The molecule has 1 N–H and O–H groups in total. The van der Waals surface area contributed by atoms with Crippen molar-refractivity contribution in [2.45, 2.75) is 17.7 Å². The van der Waals surface area contributed by atoms with E-state index in [1.54, 1.807) is 12.1 Å². The van der Waals surface area contributed by atoms with Crippen LogP contribution >= 0.6 is 11.6 Å². The third-order valence-corrected chi connectivity index (χ3v) is 6.04. The zero-order valence-corrected chi connectivity index (χ0v) is 15.1. The van der Waals surface area contributed by atoms with Crippen LogP contribution in [0.5, 0.6) is 5.75 Å². The van der Waals surface area contributed by atoms with E-state index in [-0.39, 0.29) is 29.0 Å². The fourth-order valence-corrected chi connectivity index (χ4v) is 4.63. The molecule has 0 bridgehead atoms. The van der Waals surface area contributed by atoms with Gasteiger partial charge in [0.1, 0.15) is 10.6 Å². The minimum Gasteiger partial charge on any atom is -0.495 e. The maximum Gasteiger partial charge on any atom is 0.246 e. The number of amides is 1. The summed E-state index contributed by atoms with van der Waals surface area (Å²) < 4.78 is 32.4. The molecule has 0 aromatic heterocycles. The first-order valence-electron chi connectivity index (χ1n) is 7.62. The van der Waals surface area contributed by atoms with Crippen LogP contribution in [-0.4, -0.2) is 45.4 Å². The molecule has 0 radical (unpaired) electrons.